The number of hydrogen-bond acceptors (Lipinski definition) is 4. The lowest BCUT2D eigenvalue weighted by atomic mass is 9.92. The van der Waals surface area contributed by atoms with Crippen molar-refractivity contribution >= 4 is 16.0 Å². The highest BCUT2D eigenvalue weighted by atomic mass is 32.2. The number of nitrogens with one attached hydrogen (secondary N) is 3. The number of hydrogen-bond donors (Lipinski definition) is 3. The number of aliphatic imine (C=N–C) groups is 1. The van der Waals surface area contributed by atoms with Gasteiger partial charge in [-0.05, 0) is 53.0 Å². The van der Waals surface area contributed by atoms with Gasteiger partial charge in [0.2, 0.25) is 10.0 Å². The molecular weight excluding hydrogens is 362 g/mol. The molecule has 1 heterocycles. The quantitative estimate of drug-likeness (QED) is 0.446. The van der Waals surface area contributed by atoms with Crippen LogP contribution in [0.1, 0.15) is 65.7 Å². The van der Waals surface area contributed by atoms with Gasteiger partial charge in [0.15, 0.2) is 5.96 Å². The lowest BCUT2D eigenvalue weighted by Crippen LogP contribution is -2.54. The summed E-state index contributed by atoms with van der Waals surface area (Å²) in [6.07, 6.45) is 10.4. The van der Waals surface area contributed by atoms with Crippen LogP contribution in [0.3, 0.4) is 0 Å². The minimum atomic E-state index is -3.26. The molecule has 1 saturated carbocycles. The molecule has 0 aromatic heterocycles. The second-order valence-electron chi connectivity index (χ2n) is 8.72. The lowest BCUT2D eigenvalue weighted by molar-refractivity contribution is 0.115. The molecule has 3 N–H and O–H groups in total. The van der Waals surface area contributed by atoms with Crippen LogP contribution in [0, 0.1) is 0 Å². The average Bonchev–Trinajstić information content (AvgIpc) is 2.59. The lowest BCUT2D eigenvalue weighted by Gasteiger charge is -2.40. The fourth-order valence-corrected chi connectivity index (χ4v) is 5.29. The van der Waals surface area contributed by atoms with Gasteiger partial charge in [-0.3, -0.25) is 9.89 Å². The van der Waals surface area contributed by atoms with Gasteiger partial charge < -0.3 is 10.6 Å². The van der Waals surface area contributed by atoms with Crippen LogP contribution in [-0.4, -0.2) is 69.3 Å². The molecule has 2 aliphatic rings. The van der Waals surface area contributed by atoms with Gasteiger partial charge in [-0.1, -0.05) is 19.3 Å². The Morgan fingerprint density at radius 2 is 1.85 bits per heavy atom. The number of nitrogens with zero attached hydrogens (tertiary/aromatic N) is 2. The molecule has 8 heteroatoms. The molecule has 0 radical (unpaired) electrons. The van der Waals surface area contributed by atoms with E-state index in [2.05, 4.69) is 25.2 Å². The van der Waals surface area contributed by atoms with Crippen LogP contribution in [0.2, 0.25) is 0 Å². The van der Waals surface area contributed by atoms with Crippen LogP contribution in [0.4, 0.5) is 0 Å². The summed E-state index contributed by atoms with van der Waals surface area (Å²) in [7, 11) is -3.26. The smallest absolute Gasteiger partial charge is 0.209 e. The molecule has 0 bridgehead atoms. The second-order valence-corrected chi connectivity index (χ2v) is 10.5. The Hall–Kier alpha value is -0.860. The van der Waals surface area contributed by atoms with Gasteiger partial charge in [0.1, 0.15) is 0 Å². The van der Waals surface area contributed by atoms with E-state index in [1.54, 1.807) is 0 Å². The summed E-state index contributed by atoms with van der Waals surface area (Å²) in [6, 6.07) is 1.14. The predicted octanol–water partition coefficient (Wildman–Crippen LogP) is 1.67. The molecule has 2 rings (SSSR count). The zero-order valence-corrected chi connectivity index (χ0v) is 18.4. The van der Waals surface area contributed by atoms with Gasteiger partial charge in [-0.2, -0.15) is 0 Å². The maximum Gasteiger partial charge on any atom is 0.209 e. The van der Waals surface area contributed by atoms with Crippen molar-refractivity contribution in [3.05, 3.63) is 0 Å². The van der Waals surface area contributed by atoms with Gasteiger partial charge >= 0.3 is 0 Å². The van der Waals surface area contributed by atoms with E-state index in [0.29, 0.717) is 12.6 Å². The molecule has 1 unspecified atom stereocenters. The van der Waals surface area contributed by atoms with Crippen molar-refractivity contribution in [2.45, 2.75) is 83.3 Å². The first-order valence-corrected chi connectivity index (χ1v) is 12.4. The normalized spacial score (nSPS) is 24.0. The first kappa shape index (κ1) is 22.4. The molecule has 27 heavy (non-hydrogen) atoms. The Labute approximate surface area is 165 Å². The van der Waals surface area contributed by atoms with E-state index >= 15 is 0 Å². The third-order valence-electron chi connectivity index (χ3n) is 5.32. The summed E-state index contributed by atoms with van der Waals surface area (Å²) in [5, 5.41) is 6.88. The highest BCUT2D eigenvalue weighted by Gasteiger charge is 2.27. The van der Waals surface area contributed by atoms with E-state index < -0.39 is 15.6 Å². The first-order chi connectivity index (χ1) is 12.7. The van der Waals surface area contributed by atoms with Gasteiger partial charge in [0.05, 0.1) is 12.8 Å². The van der Waals surface area contributed by atoms with Gasteiger partial charge in [-0.25, -0.2) is 13.1 Å². The SMILES string of the molecule is CCNC(=NCC(C)(C)NS(C)(=O)=O)NC1CCCN(C2CCCCC2)C1. The molecule has 1 saturated heterocycles. The monoisotopic (exact) mass is 401 g/mol. The summed E-state index contributed by atoms with van der Waals surface area (Å²) < 4.78 is 25.7. The molecule has 0 aromatic carbocycles. The third-order valence-corrected chi connectivity index (χ3v) is 6.25. The Morgan fingerprint density at radius 3 is 2.48 bits per heavy atom. The fourth-order valence-electron chi connectivity index (χ4n) is 4.23. The largest absolute Gasteiger partial charge is 0.357 e. The number of piperidine rings is 1. The predicted molar refractivity (Wildman–Crippen MR) is 113 cm³/mol. The number of sulfonamides is 1. The van der Waals surface area contributed by atoms with E-state index in [1.807, 2.05) is 20.8 Å². The van der Waals surface area contributed by atoms with Gasteiger partial charge in [0.25, 0.3) is 0 Å². The van der Waals surface area contributed by atoms with Crippen molar-refractivity contribution in [1.82, 2.24) is 20.3 Å². The molecule has 1 aliphatic carbocycles. The number of rotatable bonds is 7. The molecule has 1 aliphatic heterocycles. The maximum absolute atomic E-state index is 11.5. The molecule has 0 aromatic rings. The standard InChI is InChI=1S/C19H39N5O2S/c1-5-20-18(21-15-19(2,3)23-27(4,25)26)22-16-10-9-13-24(14-16)17-11-7-6-8-12-17/h16-17,23H,5-15H2,1-4H3,(H2,20,21,22). The number of likely N-dealkylation sites (tertiary alicyclic amines) is 1. The summed E-state index contributed by atoms with van der Waals surface area (Å²) in [4.78, 5) is 7.32. The Balaban J connectivity index is 1.93. The molecule has 0 spiro atoms. The van der Waals surface area contributed by atoms with Crippen LogP contribution in [0.25, 0.3) is 0 Å². The minimum absolute atomic E-state index is 0.383. The molecule has 158 valence electrons. The Kier molecular flexibility index (Phi) is 8.37. The molecule has 7 nitrogen and oxygen atoms in total. The summed E-state index contributed by atoms with van der Waals surface area (Å²) in [5.41, 5.74) is -0.614. The summed E-state index contributed by atoms with van der Waals surface area (Å²) in [5.74, 6) is 0.774. The minimum Gasteiger partial charge on any atom is -0.357 e. The summed E-state index contributed by atoms with van der Waals surface area (Å²) in [6.45, 7) is 9.20. The topological polar surface area (TPSA) is 85.8 Å². The first-order valence-electron chi connectivity index (χ1n) is 10.5. The van der Waals surface area contributed by atoms with Crippen LogP contribution in [0.15, 0.2) is 4.99 Å². The maximum atomic E-state index is 11.5. The van der Waals surface area contributed by atoms with E-state index in [1.165, 1.54) is 51.3 Å². The zero-order chi connectivity index (χ0) is 19.9. The third kappa shape index (κ3) is 8.35. The zero-order valence-electron chi connectivity index (χ0n) is 17.6. The van der Waals surface area contributed by atoms with Crippen molar-refractivity contribution in [1.29, 1.82) is 0 Å². The van der Waals surface area contributed by atoms with Crippen LogP contribution < -0.4 is 15.4 Å². The molecule has 2 fully saturated rings. The average molecular weight is 402 g/mol. The van der Waals surface area contributed by atoms with Crippen LogP contribution >= 0.6 is 0 Å². The summed E-state index contributed by atoms with van der Waals surface area (Å²) >= 11 is 0. The van der Waals surface area contributed by atoms with Crippen molar-refractivity contribution in [3.63, 3.8) is 0 Å². The highest BCUT2D eigenvalue weighted by molar-refractivity contribution is 7.88. The van der Waals surface area contributed by atoms with Crippen molar-refractivity contribution in [2.75, 3.05) is 32.4 Å². The Bertz CT molecular complexity index is 585. The van der Waals surface area contributed by atoms with E-state index in [0.717, 1.165) is 31.5 Å². The highest BCUT2D eigenvalue weighted by Crippen LogP contribution is 2.25. The molecular formula is C19H39N5O2S. The van der Waals surface area contributed by atoms with E-state index in [-0.39, 0.29) is 0 Å². The Morgan fingerprint density at radius 1 is 1.15 bits per heavy atom. The van der Waals surface area contributed by atoms with E-state index in [4.69, 9.17) is 0 Å². The van der Waals surface area contributed by atoms with Crippen molar-refractivity contribution in [2.24, 2.45) is 4.99 Å². The number of guanidine groups is 1. The van der Waals surface area contributed by atoms with Gasteiger partial charge in [-0.15, -0.1) is 0 Å². The fraction of sp³-hybridized carbons (Fsp3) is 0.947. The van der Waals surface area contributed by atoms with Crippen molar-refractivity contribution in [3.8, 4) is 0 Å². The van der Waals surface area contributed by atoms with E-state index in [9.17, 15) is 8.42 Å². The van der Waals surface area contributed by atoms with Crippen LogP contribution in [0.5, 0.6) is 0 Å². The van der Waals surface area contributed by atoms with Gasteiger partial charge in [0, 0.05) is 30.7 Å². The van der Waals surface area contributed by atoms with Crippen molar-refractivity contribution < 1.29 is 8.42 Å². The second kappa shape index (κ2) is 10.1. The molecule has 0 amide bonds. The molecule has 1 atom stereocenters. The van der Waals surface area contributed by atoms with Crippen LogP contribution in [-0.2, 0) is 10.0 Å².